The Morgan fingerprint density at radius 3 is 2.67 bits per heavy atom. The van der Waals surface area contributed by atoms with E-state index in [-0.39, 0.29) is 0 Å². The van der Waals surface area contributed by atoms with Crippen molar-refractivity contribution in [2.45, 2.75) is 26.4 Å². The van der Waals surface area contributed by atoms with E-state index in [0.717, 1.165) is 6.29 Å². The largest absolute Gasteiger partial charge is 0.444 e. The molecule has 0 unspecified atom stereocenters. The number of hydrogen-bond donors (Lipinski definition) is 1. The van der Waals surface area contributed by atoms with E-state index in [9.17, 15) is 9.59 Å². The van der Waals surface area contributed by atoms with E-state index < -0.39 is 11.7 Å². The van der Waals surface area contributed by atoms with Crippen LogP contribution < -0.4 is 5.32 Å². The van der Waals surface area contributed by atoms with E-state index in [2.05, 4.69) is 5.32 Å². The van der Waals surface area contributed by atoms with Crippen molar-refractivity contribution in [3.05, 3.63) is 12.2 Å². The van der Waals surface area contributed by atoms with Gasteiger partial charge in [0.15, 0.2) is 0 Å². The van der Waals surface area contributed by atoms with Crippen molar-refractivity contribution in [3.8, 4) is 0 Å². The molecule has 0 saturated heterocycles. The number of ether oxygens (including phenoxy) is 1. The van der Waals surface area contributed by atoms with Crippen LogP contribution in [-0.2, 0) is 9.53 Å². The van der Waals surface area contributed by atoms with Crippen LogP contribution in [0.2, 0.25) is 0 Å². The first-order valence-electron chi connectivity index (χ1n) is 4.60. The van der Waals surface area contributed by atoms with E-state index in [1.807, 2.05) is 20.8 Å². The van der Waals surface area contributed by atoms with Crippen LogP contribution >= 0.6 is 11.8 Å². The number of nitrogens with one attached hydrogen (secondary N) is 1. The molecular weight excluding hydrogens is 214 g/mol. The topological polar surface area (TPSA) is 55.4 Å². The van der Waals surface area contributed by atoms with Gasteiger partial charge in [-0.1, -0.05) is 6.08 Å². The molecule has 1 amide bonds. The van der Waals surface area contributed by atoms with Crippen LogP contribution in [0.1, 0.15) is 20.8 Å². The molecule has 0 rings (SSSR count). The van der Waals surface area contributed by atoms with Gasteiger partial charge in [-0.2, -0.15) is 0 Å². The summed E-state index contributed by atoms with van der Waals surface area (Å²) in [6.45, 7) is 5.44. The molecule has 15 heavy (non-hydrogen) atoms. The molecule has 0 aliphatic carbocycles. The maximum atomic E-state index is 11.1. The van der Waals surface area contributed by atoms with Crippen LogP contribution in [0, 0.1) is 0 Å². The summed E-state index contributed by atoms with van der Waals surface area (Å²) in [5.41, 5.74) is -0.466. The van der Waals surface area contributed by atoms with Gasteiger partial charge >= 0.3 is 6.09 Å². The molecule has 1 N–H and O–H groups in total. The second kappa shape index (κ2) is 7.34. The lowest BCUT2D eigenvalue weighted by Crippen LogP contribution is -2.32. The molecule has 0 aliphatic heterocycles. The first kappa shape index (κ1) is 14.0. The van der Waals surface area contributed by atoms with Gasteiger partial charge in [0.05, 0.1) is 5.88 Å². The normalized spacial score (nSPS) is 11.4. The van der Waals surface area contributed by atoms with Gasteiger partial charge in [0, 0.05) is 5.75 Å². The van der Waals surface area contributed by atoms with Crippen molar-refractivity contribution in [2.24, 2.45) is 0 Å². The number of hydrogen-bond acceptors (Lipinski definition) is 4. The van der Waals surface area contributed by atoms with Gasteiger partial charge in [0.25, 0.3) is 0 Å². The molecule has 4 nitrogen and oxygen atoms in total. The maximum absolute atomic E-state index is 11.1. The summed E-state index contributed by atoms with van der Waals surface area (Å²) in [7, 11) is 0. The predicted molar refractivity (Wildman–Crippen MR) is 61.9 cm³/mol. The van der Waals surface area contributed by atoms with Gasteiger partial charge in [-0.05, 0) is 26.8 Å². The summed E-state index contributed by atoms with van der Waals surface area (Å²) in [6, 6.07) is 0. The fourth-order valence-corrected chi connectivity index (χ4v) is 1.25. The molecule has 0 spiro atoms. The Bertz CT molecular complexity index is 233. The Morgan fingerprint density at radius 2 is 2.13 bits per heavy atom. The Balaban J connectivity index is 3.48. The monoisotopic (exact) mass is 231 g/mol. The lowest BCUT2D eigenvalue weighted by atomic mass is 10.2. The first-order chi connectivity index (χ1) is 6.95. The molecule has 0 bridgehead atoms. The fourth-order valence-electron chi connectivity index (χ4n) is 0.662. The number of amides is 1. The smallest absolute Gasteiger partial charge is 0.408 e. The Labute approximate surface area is 94.4 Å². The first-order valence-corrected chi connectivity index (χ1v) is 5.76. The minimum atomic E-state index is -0.466. The van der Waals surface area contributed by atoms with Crippen molar-refractivity contribution < 1.29 is 14.3 Å². The average Bonchev–Trinajstić information content (AvgIpc) is 2.08. The third-order valence-corrected chi connectivity index (χ3v) is 1.92. The molecule has 0 aliphatic rings. The van der Waals surface area contributed by atoms with Crippen molar-refractivity contribution in [2.75, 3.05) is 11.6 Å². The van der Waals surface area contributed by atoms with Crippen molar-refractivity contribution >= 4 is 24.1 Å². The predicted octanol–water partition coefficient (Wildman–Crippen LogP) is 1.96. The zero-order chi connectivity index (χ0) is 11.7. The molecular formula is C10H17NO3S. The number of allylic oxidation sites excluding steroid dienone is 1. The minimum Gasteiger partial charge on any atom is -0.444 e. The SMILES string of the molecule is CC(C)(C)OC(=O)NCSC/C=C/C=O. The highest BCUT2D eigenvalue weighted by Crippen LogP contribution is 2.06. The highest BCUT2D eigenvalue weighted by Gasteiger charge is 2.15. The number of carbonyl (C=O) groups is 2. The van der Waals surface area contributed by atoms with Gasteiger partial charge in [-0.15, -0.1) is 11.8 Å². The van der Waals surface area contributed by atoms with Gasteiger partial charge in [0.1, 0.15) is 11.9 Å². The average molecular weight is 231 g/mol. The fraction of sp³-hybridized carbons (Fsp3) is 0.600. The number of thioether (sulfide) groups is 1. The Morgan fingerprint density at radius 1 is 1.47 bits per heavy atom. The molecule has 0 heterocycles. The quantitative estimate of drug-likeness (QED) is 0.340. The number of carbonyl (C=O) groups excluding carboxylic acids is 2. The second-order valence-corrected chi connectivity index (χ2v) is 4.79. The van der Waals surface area contributed by atoms with Crippen molar-refractivity contribution in [1.82, 2.24) is 5.32 Å². The van der Waals surface area contributed by atoms with Gasteiger partial charge < -0.3 is 10.1 Å². The van der Waals surface area contributed by atoms with Crippen LogP contribution in [0.4, 0.5) is 4.79 Å². The number of alkyl carbamates (subject to hydrolysis) is 1. The number of rotatable bonds is 5. The summed E-state index contributed by atoms with van der Waals surface area (Å²) < 4.78 is 5.03. The van der Waals surface area contributed by atoms with E-state index in [1.165, 1.54) is 17.8 Å². The molecule has 5 heteroatoms. The summed E-state index contributed by atoms with van der Waals surface area (Å²) in [5, 5.41) is 2.60. The third kappa shape index (κ3) is 11.0. The summed E-state index contributed by atoms with van der Waals surface area (Å²) >= 11 is 1.49. The van der Waals surface area contributed by atoms with Crippen LogP contribution in [0.5, 0.6) is 0 Å². The molecule has 0 saturated carbocycles. The van der Waals surface area contributed by atoms with Gasteiger partial charge in [0.2, 0.25) is 0 Å². The molecule has 86 valence electrons. The molecule has 0 aromatic carbocycles. The van der Waals surface area contributed by atoms with Crippen LogP contribution in [0.3, 0.4) is 0 Å². The Hall–Kier alpha value is -0.970. The van der Waals surface area contributed by atoms with Crippen LogP contribution in [0.15, 0.2) is 12.2 Å². The highest BCUT2D eigenvalue weighted by molar-refractivity contribution is 7.99. The maximum Gasteiger partial charge on any atom is 0.408 e. The van der Waals surface area contributed by atoms with E-state index in [1.54, 1.807) is 6.08 Å². The van der Waals surface area contributed by atoms with Crippen LogP contribution in [-0.4, -0.2) is 29.6 Å². The zero-order valence-corrected chi connectivity index (χ0v) is 10.1. The minimum absolute atomic E-state index is 0.422. The van der Waals surface area contributed by atoms with E-state index in [4.69, 9.17) is 4.74 Å². The lowest BCUT2D eigenvalue weighted by molar-refractivity contribution is -0.104. The second-order valence-electron chi connectivity index (χ2n) is 3.76. The third-order valence-electron chi connectivity index (χ3n) is 1.15. The lowest BCUT2D eigenvalue weighted by Gasteiger charge is -2.19. The zero-order valence-electron chi connectivity index (χ0n) is 9.28. The molecule has 0 atom stereocenters. The summed E-state index contributed by atoms with van der Waals surface area (Å²) in [4.78, 5) is 21.0. The van der Waals surface area contributed by atoms with Crippen molar-refractivity contribution in [1.29, 1.82) is 0 Å². The number of aldehydes is 1. The van der Waals surface area contributed by atoms with Gasteiger partial charge in [-0.3, -0.25) is 4.79 Å². The standard InChI is InChI=1S/C10H17NO3S/c1-10(2,3)14-9(13)11-8-15-7-5-4-6-12/h4-6H,7-8H2,1-3H3,(H,11,13)/b5-4+. The van der Waals surface area contributed by atoms with E-state index >= 15 is 0 Å². The van der Waals surface area contributed by atoms with Crippen molar-refractivity contribution in [3.63, 3.8) is 0 Å². The van der Waals surface area contributed by atoms with Crippen LogP contribution in [0.25, 0.3) is 0 Å². The highest BCUT2D eigenvalue weighted by atomic mass is 32.2. The van der Waals surface area contributed by atoms with E-state index in [0.29, 0.717) is 11.6 Å². The Kier molecular flexibility index (Phi) is 6.86. The molecule has 0 radical (unpaired) electrons. The summed E-state index contributed by atoms with van der Waals surface area (Å²) in [5.74, 6) is 1.16. The summed E-state index contributed by atoms with van der Waals surface area (Å²) in [6.07, 6.45) is 3.46. The molecule has 0 aromatic rings. The molecule has 0 fully saturated rings. The van der Waals surface area contributed by atoms with Gasteiger partial charge in [-0.25, -0.2) is 4.79 Å². The molecule has 0 aromatic heterocycles.